The fourth-order valence-electron chi connectivity index (χ4n) is 5.22. The van der Waals surface area contributed by atoms with Crippen LogP contribution in [-0.4, -0.2) is 56.4 Å². The summed E-state index contributed by atoms with van der Waals surface area (Å²) in [6, 6.07) is 29.7. The number of aliphatic hydroxyl groups is 1. The number of hydrogen-bond donors (Lipinski definition) is 2. The minimum absolute atomic E-state index is 0.0207. The predicted molar refractivity (Wildman–Crippen MR) is 179 cm³/mol. The molecule has 46 heavy (non-hydrogen) atoms. The molecule has 0 radical (unpaired) electrons. The van der Waals surface area contributed by atoms with Crippen LogP contribution in [0.2, 0.25) is 10.0 Å². The van der Waals surface area contributed by atoms with Crippen molar-refractivity contribution in [3.05, 3.63) is 130 Å². The number of nitrogens with one attached hydrogen (secondary N) is 1. The van der Waals surface area contributed by atoms with Gasteiger partial charge in [0.1, 0.15) is 5.75 Å². The zero-order valence-corrected chi connectivity index (χ0v) is 27.3. The van der Waals surface area contributed by atoms with Crippen molar-refractivity contribution in [3.8, 4) is 5.75 Å². The van der Waals surface area contributed by atoms with Crippen LogP contribution < -0.4 is 10.1 Å². The molecule has 2 atom stereocenters. The number of halogens is 2. The average Bonchev–Trinajstić information content (AvgIpc) is 3.46. The van der Waals surface area contributed by atoms with Crippen molar-refractivity contribution >= 4 is 44.8 Å². The number of amides is 1. The Balaban J connectivity index is 1.54. The number of carbonyl (C=O) groups is 1. The molecule has 8 nitrogen and oxygen atoms in total. The van der Waals surface area contributed by atoms with E-state index in [2.05, 4.69) is 5.32 Å². The van der Waals surface area contributed by atoms with E-state index in [-0.39, 0.29) is 34.6 Å². The number of sulfone groups is 1. The van der Waals surface area contributed by atoms with Crippen molar-refractivity contribution in [2.75, 3.05) is 25.5 Å². The number of ether oxygens (including phenoxy) is 2. The first-order valence-corrected chi connectivity index (χ1v) is 17.3. The number of carbonyl (C=O) groups excluding carboxylic acids is 1. The molecule has 1 amide bonds. The molecule has 240 valence electrons. The zero-order chi connectivity index (χ0) is 32.6. The highest BCUT2D eigenvalue weighted by Gasteiger charge is 2.54. The maximum absolute atomic E-state index is 14.3. The van der Waals surface area contributed by atoms with Gasteiger partial charge in [0.25, 0.3) is 5.91 Å². The molecule has 5 rings (SSSR count). The third-order valence-electron chi connectivity index (χ3n) is 7.67. The predicted octanol–water partition coefficient (Wildman–Crippen LogP) is 6.23. The summed E-state index contributed by atoms with van der Waals surface area (Å²) in [6.07, 6.45) is -0.186. The highest BCUT2D eigenvalue weighted by molar-refractivity contribution is 7.91. The van der Waals surface area contributed by atoms with Gasteiger partial charge in [0.05, 0.1) is 17.3 Å². The lowest BCUT2D eigenvalue weighted by atomic mass is 9.85. The molecule has 0 unspecified atom stereocenters. The lowest BCUT2D eigenvalue weighted by Crippen LogP contribution is -2.49. The second-order valence-electron chi connectivity index (χ2n) is 10.8. The van der Waals surface area contributed by atoms with Crippen LogP contribution in [0, 0.1) is 0 Å². The van der Waals surface area contributed by atoms with Gasteiger partial charge in [-0.05, 0) is 60.5 Å². The topological polar surface area (TPSA) is 114 Å². The van der Waals surface area contributed by atoms with Gasteiger partial charge in [-0.25, -0.2) is 13.4 Å². The van der Waals surface area contributed by atoms with Crippen LogP contribution in [0.1, 0.15) is 35.6 Å². The van der Waals surface area contributed by atoms with Crippen LogP contribution in [0.4, 0.5) is 0 Å². The summed E-state index contributed by atoms with van der Waals surface area (Å²) >= 11 is 12.9. The highest BCUT2D eigenvalue weighted by atomic mass is 35.5. The molecule has 0 saturated carbocycles. The van der Waals surface area contributed by atoms with E-state index < -0.39 is 27.4 Å². The van der Waals surface area contributed by atoms with Gasteiger partial charge in [-0.15, -0.1) is 0 Å². The number of nitrogens with zero attached hydrogens (tertiary/aromatic N) is 1. The normalized spacial score (nSPS) is 17.6. The van der Waals surface area contributed by atoms with Gasteiger partial charge in [0.2, 0.25) is 5.90 Å². The largest absolute Gasteiger partial charge is 0.494 e. The molecular formula is C35H34Cl2N2O6S. The van der Waals surface area contributed by atoms with Crippen molar-refractivity contribution in [2.45, 2.75) is 35.8 Å². The van der Waals surface area contributed by atoms with Crippen molar-refractivity contribution in [1.82, 2.24) is 5.32 Å². The van der Waals surface area contributed by atoms with E-state index in [0.29, 0.717) is 47.9 Å². The first-order chi connectivity index (χ1) is 22.2. The van der Waals surface area contributed by atoms with E-state index in [0.717, 1.165) is 5.56 Å². The molecule has 1 heterocycles. The molecule has 0 aliphatic carbocycles. The average molecular weight is 682 g/mol. The molecule has 0 saturated heterocycles. The molecule has 11 heteroatoms. The Bertz CT molecular complexity index is 1770. The number of benzene rings is 4. The summed E-state index contributed by atoms with van der Waals surface area (Å²) in [5.74, 6) is -0.107. The molecule has 1 aliphatic rings. The number of hydrogen-bond acceptors (Lipinski definition) is 7. The lowest BCUT2D eigenvalue weighted by Gasteiger charge is -2.31. The van der Waals surface area contributed by atoms with Gasteiger partial charge in [-0.3, -0.25) is 4.79 Å². The Morgan fingerprint density at radius 2 is 1.65 bits per heavy atom. The molecule has 2 N–H and O–H groups in total. The summed E-state index contributed by atoms with van der Waals surface area (Å²) in [6.45, 7) is 0.668. The number of rotatable bonds is 14. The van der Waals surface area contributed by atoms with Gasteiger partial charge >= 0.3 is 0 Å². The Morgan fingerprint density at radius 1 is 0.957 bits per heavy atom. The minimum atomic E-state index is -3.80. The van der Waals surface area contributed by atoms with E-state index in [1.807, 2.05) is 30.3 Å². The number of aliphatic imine (C=N–C) groups is 1. The van der Waals surface area contributed by atoms with Gasteiger partial charge in [-0.1, -0.05) is 77.8 Å². The van der Waals surface area contributed by atoms with Crippen molar-refractivity contribution in [1.29, 1.82) is 0 Å². The molecular weight excluding hydrogens is 647 g/mol. The molecule has 1 aliphatic heterocycles. The van der Waals surface area contributed by atoms with Crippen LogP contribution in [0.3, 0.4) is 0 Å². The Morgan fingerprint density at radius 3 is 2.33 bits per heavy atom. The molecule has 0 aromatic heterocycles. The van der Waals surface area contributed by atoms with Gasteiger partial charge in [0.15, 0.2) is 21.5 Å². The molecule has 0 fully saturated rings. The quantitative estimate of drug-likeness (QED) is 0.153. The summed E-state index contributed by atoms with van der Waals surface area (Å²) in [5, 5.41) is 12.7. The Labute approximate surface area is 278 Å². The zero-order valence-electron chi connectivity index (χ0n) is 24.9. The van der Waals surface area contributed by atoms with Crippen molar-refractivity contribution in [2.24, 2.45) is 4.99 Å². The van der Waals surface area contributed by atoms with E-state index in [9.17, 15) is 13.2 Å². The maximum atomic E-state index is 14.3. The van der Waals surface area contributed by atoms with Crippen LogP contribution in [0.5, 0.6) is 5.75 Å². The van der Waals surface area contributed by atoms with Crippen LogP contribution in [0.25, 0.3) is 0 Å². The summed E-state index contributed by atoms with van der Waals surface area (Å²) in [4.78, 5) is 19.4. The number of aliphatic hydroxyl groups excluding tert-OH is 1. The van der Waals surface area contributed by atoms with E-state index in [4.69, 9.17) is 42.8 Å². The first kappa shape index (κ1) is 33.5. The maximum Gasteiger partial charge on any atom is 0.252 e. The smallest absolute Gasteiger partial charge is 0.252 e. The fraction of sp³-hybridized carbons (Fsp3) is 0.257. The fourth-order valence-corrected chi connectivity index (χ4v) is 7.11. The van der Waals surface area contributed by atoms with Crippen molar-refractivity contribution < 1.29 is 27.8 Å². The van der Waals surface area contributed by atoms with Crippen LogP contribution in [-0.2, 0) is 25.8 Å². The molecule has 4 aromatic rings. The second-order valence-corrected chi connectivity index (χ2v) is 13.8. The first-order valence-electron chi connectivity index (χ1n) is 14.9. The van der Waals surface area contributed by atoms with E-state index in [1.165, 1.54) is 12.1 Å². The summed E-state index contributed by atoms with van der Waals surface area (Å²) < 4.78 is 39.1. The molecule has 0 spiro atoms. The third kappa shape index (κ3) is 7.90. The second kappa shape index (κ2) is 15.1. The summed E-state index contributed by atoms with van der Waals surface area (Å²) in [7, 11) is -3.80. The minimum Gasteiger partial charge on any atom is -0.494 e. The van der Waals surface area contributed by atoms with E-state index >= 15 is 0 Å². The van der Waals surface area contributed by atoms with Gasteiger partial charge < -0.3 is 19.9 Å². The SMILES string of the molecule is O=C(NCCc1ccccc1)[C@]1(CCS(=O)(=O)c2ccccc2)N=C(c2ccc(OCCCO)cc2)O[C@@H]1c1ccc(Cl)cc1Cl. The Hall–Kier alpha value is -3.89. The lowest BCUT2D eigenvalue weighted by molar-refractivity contribution is -0.129. The summed E-state index contributed by atoms with van der Waals surface area (Å²) in [5.41, 5.74) is 0.356. The highest BCUT2D eigenvalue weighted by Crippen LogP contribution is 2.45. The molecule has 0 bridgehead atoms. The van der Waals surface area contributed by atoms with Crippen LogP contribution in [0.15, 0.2) is 113 Å². The van der Waals surface area contributed by atoms with Crippen molar-refractivity contribution in [3.63, 3.8) is 0 Å². The third-order valence-corrected chi connectivity index (χ3v) is 9.97. The Kier molecular flexibility index (Phi) is 11.0. The van der Waals surface area contributed by atoms with Crippen LogP contribution >= 0.6 is 23.2 Å². The monoisotopic (exact) mass is 680 g/mol. The molecule has 4 aromatic carbocycles. The van der Waals surface area contributed by atoms with Gasteiger partial charge in [-0.2, -0.15) is 0 Å². The standard InChI is InChI=1S/C35H34Cl2N2O6S/c36-27-14-17-30(31(37)24-27)32-35(19-23-46(42,43)29-10-5-2-6-11-29,34(41)38-20-18-25-8-3-1-4-9-25)39-33(45-32)26-12-15-28(16-13-26)44-22-7-21-40/h1-6,8-17,24,32,40H,7,18-23H2,(H,38,41)/t32-,35-/m1/s1. The van der Waals surface area contributed by atoms with Gasteiger partial charge in [0, 0.05) is 47.2 Å². The van der Waals surface area contributed by atoms with E-state index in [1.54, 1.807) is 60.7 Å².